The van der Waals surface area contributed by atoms with Crippen molar-refractivity contribution in [3.8, 4) is 0 Å². The molecule has 0 fully saturated rings. The molecule has 0 aromatic carbocycles. The minimum atomic E-state index is -0.0775. The van der Waals surface area contributed by atoms with Gasteiger partial charge >= 0.3 is 0 Å². The van der Waals surface area contributed by atoms with Crippen LogP contribution in [0.3, 0.4) is 0 Å². The van der Waals surface area contributed by atoms with Crippen LogP contribution in [0.25, 0.3) is 0 Å². The standard InChI is InChI=1S/C11H13N3O2S/c1-16-8-14-5-6-17-11(14)13-10-4-2-3-9(7-15)12-10/h2-6,15H,7-8H2,1H3. The predicted molar refractivity (Wildman–Crippen MR) is 64.7 cm³/mol. The van der Waals surface area contributed by atoms with Gasteiger partial charge in [-0.3, -0.25) is 4.57 Å². The molecule has 2 heterocycles. The Bertz CT molecular complexity index is 547. The van der Waals surface area contributed by atoms with Gasteiger partial charge in [-0.05, 0) is 12.1 Å². The number of hydrogen-bond acceptors (Lipinski definition) is 5. The molecule has 0 spiro atoms. The number of hydrogen-bond donors (Lipinski definition) is 1. The molecule has 5 nitrogen and oxygen atoms in total. The molecule has 17 heavy (non-hydrogen) atoms. The van der Waals surface area contributed by atoms with E-state index in [9.17, 15) is 0 Å². The molecule has 2 aromatic heterocycles. The maximum absolute atomic E-state index is 9.00. The Kier molecular flexibility index (Phi) is 4.03. The Balaban J connectivity index is 2.36. The van der Waals surface area contributed by atoms with E-state index < -0.39 is 0 Å². The summed E-state index contributed by atoms with van der Waals surface area (Å²) >= 11 is 1.51. The largest absolute Gasteiger partial charge is 0.390 e. The van der Waals surface area contributed by atoms with Crippen molar-refractivity contribution in [1.82, 2.24) is 9.55 Å². The van der Waals surface area contributed by atoms with Gasteiger partial charge in [0.25, 0.3) is 0 Å². The summed E-state index contributed by atoms with van der Waals surface area (Å²) in [5.41, 5.74) is 0.612. The molecule has 0 aliphatic carbocycles. The van der Waals surface area contributed by atoms with Gasteiger partial charge in [-0.2, -0.15) is 0 Å². The first-order valence-electron chi connectivity index (χ1n) is 5.08. The summed E-state index contributed by atoms with van der Waals surface area (Å²) in [6.45, 7) is 0.383. The summed E-state index contributed by atoms with van der Waals surface area (Å²) in [4.78, 5) is 9.43. The lowest BCUT2D eigenvalue weighted by atomic mass is 10.3. The Hall–Kier alpha value is -1.50. The molecule has 0 radical (unpaired) electrons. The lowest BCUT2D eigenvalue weighted by Crippen LogP contribution is -2.14. The van der Waals surface area contributed by atoms with Crippen LogP contribution in [-0.2, 0) is 18.1 Å². The molecule has 6 heteroatoms. The van der Waals surface area contributed by atoms with Crippen molar-refractivity contribution in [3.05, 3.63) is 40.3 Å². The van der Waals surface area contributed by atoms with Gasteiger partial charge in [0.2, 0.25) is 0 Å². The minimum absolute atomic E-state index is 0.0775. The summed E-state index contributed by atoms with van der Waals surface area (Å²) in [6, 6.07) is 5.39. The normalized spacial score (nSPS) is 12.0. The van der Waals surface area contributed by atoms with E-state index in [4.69, 9.17) is 9.84 Å². The van der Waals surface area contributed by atoms with Crippen molar-refractivity contribution in [2.45, 2.75) is 13.3 Å². The number of methoxy groups -OCH3 is 1. The second-order valence-electron chi connectivity index (χ2n) is 3.33. The van der Waals surface area contributed by atoms with E-state index in [1.807, 2.05) is 22.2 Å². The number of pyridine rings is 1. The third-order valence-corrected chi connectivity index (χ3v) is 2.89. The fraction of sp³-hybridized carbons (Fsp3) is 0.273. The first-order chi connectivity index (χ1) is 8.33. The summed E-state index contributed by atoms with van der Waals surface area (Å²) < 4.78 is 6.95. The third-order valence-electron chi connectivity index (χ3n) is 2.09. The monoisotopic (exact) mass is 251 g/mol. The van der Waals surface area contributed by atoms with Crippen LogP contribution < -0.4 is 4.80 Å². The van der Waals surface area contributed by atoms with Crippen molar-refractivity contribution in [2.75, 3.05) is 7.11 Å². The van der Waals surface area contributed by atoms with Gasteiger partial charge in [0.1, 0.15) is 6.73 Å². The van der Waals surface area contributed by atoms with Crippen molar-refractivity contribution < 1.29 is 9.84 Å². The zero-order chi connectivity index (χ0) is 12.1. The van der Waals surface area contributed by atoms with Crippen LogP contribution in [0.4, 0.5) is 5.82 Å². The van der Waals surface area contributed by atoms with Crippen molar-refractivity contribution in [3.63, 3.8) is 0 Å². The van der Waals surface area contributed by atoms with E-state index in [1.165, 1.54) is 11.3 Å². The lowest BCUT2D eigenvalue weighted by molar-refractivity contribution is 0.129. The number of thiazole rings is 1. The summed E-state index contributed by atoms with van der Waals surface area (Å²) in [5.74, 6) is 0.587. The molecule has 0 aliphatic rings. The molecule has 1 N–H and O–H groups in total. The van der Waals surface area contributed by atoms with Crippen molar-refractivity contribution in [2.24, 2.45) is 4.99 Å². The van der Waals surface area contributed by atoms with E-state index in [2.05, 4.69) is 9.98 Å². The molecule has 0 saturated carbocycles. The van der Waals surface area contributed by atoms with E-state index in [1.54, 1.807) is 19.2 Å². The van der Waals surface area contributed by atoms with Gasteiger partial charge in [-0.1, -0.05) is 6.07 Å². The molecule has 0 bridgehead atoms. The maximum atomic E-state index is 9.00. The Labute approximate surface area is 103 Å². The van der Waals surface area contributed by atoms with Crippen LogP contribution in [0.15, 0.2) is 34.8 Å². The molecule has 0 amide bonds. The summed E-state index contributed by atoms with van der Waals surface area (Å²) in [7, 11) is 1.64. The number of ether oxygens (including phenoxy) is 1. The highest BCUT2D eigenvalue weighted by Gasteiger charge is 1.97. The third kappa shape index (κ3) is 3.00. The van der Waals surface area contributed by atoms with Crippen LogP contribution in [0, 0.1) is 0 Å². The zero-order valence-electron chi connectivity index (χ0n) is 9.41. The van der Waals surface area contributed by atoms with Gasteiger partial charge in [0.15, 0.2) is 10.6 Å². The van der Waals surface area contributed by atoms with E-state index in [-0.39, 0.29) is 6.61 Å². The highest BCUT2D eigenvalue weighted by Crippen LogP contribution is 2.08. The van der Waals surface area contributed by atoms with Gasteiger partial charge < -0.3 is 9.84 Å². The van der Waals surface area contributed by atoms with Crippen LogP contribution in [0.5, 0.6) is 0 Å². The van der Waals surface area contributed by atoms with E-state index >= 15 is 0 Å². The predicted octanol–water partition coefficient (Wildman–Crippen LogP) is 1.27. The summed E-state index contributed by atoms with van der Waals surface area (Å²) in [5, 5.41) is 10.9. The van der Waals surface area contributed by atoms with Crippen LogP contribution in [-0.4, -0.2) is 21.8 Å². The molecule has 2 rings (SSSR count). The lowest BCUT2D eigenvalue weighted by Gasteiger charge is -2.00. The smallest absolute Gasteiger partial charge is 0.193 e. The van der Waals surface area contributed by atoms with E-state index in [0.29, 0.717) is 18.2 Å². The highest BCUT2D eigenvalue weighted by atomic mass is 32.1. The van der Waals surface area contributed by atoms with Gasteiger partial charge in [0, 0.05) is 18.7 Å². The average molecular weight is 251 g/mol. The second-order valence-corrected chi connectivity index (χ2v) is 4.20. The number of aliphatic hydroxyl groups excluding tert-OH is 1. The van der Waals surface area contributed by atoms with Gasteiger partial charge in [0.05, 0.1) is 12.3 Å². The fourth-order valence-electron chi connectivity index (χ4n) is 1.34. The Morgan fingerprint density at radius 2 is 2.41 bits per heavy atom. The Morgan fingerprint density at radius 3 is 3.18 bits per heavy atom. The first kappa shape index (κ1) is 12.0. The van der Waals surface area contributed by atoms with Crippen LogP contribution >= 0.6 is 11.3 Å². The quantitative estimate of drug-likeness (QED) is 0.890. The number of rotatable bonds is 4. The molecule has 0 atom stereocenters. The fourth-order valence-corrected chi connectivity index (χ4v) is 2.06. The van der Waals surface area contributed by atoms with Crippen molar-refractivity contribution >= 4 is 17.2 Å². The molecule has 0 saturated heterocycles. The molecular formula is C11H13N3O2S. The first-order valence-corrected chi connectivity index (χ1v) is 5.96. The SMILES string of the molecule is COCn1ccsc1=Nc1cccc(CO)n1. The molecular weight excluding hydrogens is 238 g/mol. The number of nitrogens with zero attached hydrogens (tertiary/aromatic N) is 3. The van der Waals surface area contributed by atoms with E-state index in [0.717, 1.165) is 4.80 Å². The second kappa shape index (κ2) is 5.72. The molecule has 90 valence electrons. The van der Waals surface area contributed by atoms with Crippen molar-refractivity contribution in [1.29, 1.82) is 0 Å². The molecule has 0 unspecified atom stereocenters. The highest BCUT2D eigenvalue weighted by molar-refractivity contribution is 7.07. The number of aromatic nitrogens is 2. The van der Waals surface area contributed by atoms with Gasteiger partial charge in [-0.15, -0.1) is 11.3 Å². The minimum Gasteiger partial charge on any atom is -0.390 e. The summed E-state index contributed by atoms with van der Waals surface area (Å²) in [6.07, 6.45) is 1.91. The molecule has 0 aliphatic heterocycles. The van der Waals surface area contributed by atoms with Gasteiger partial charge in [-0.25, -0.2) is 9.98 Å². The topological polar surface area (TPSA) is 59.6 Å². The molecule has 2 aromatic rings. The number of aliphatic hydroxyl groups is 1. The zero-order valence-corrected chi connectivity index (χ0v) is 10.2. The van der Waals surface area contributed by atoms with Crippen LogP contribution in [0.1, 0.15) is 5.69 Å². The maximum Gasteiger partial charge on any atom is 0.193 e. The van der Waals surface area contributed by atoms with Crippen LogP contribution in [0.2, 0.25) is 0 Å². The Morgan fingerprint density at radius 1 is 1.53 bits per heavy atom. The average Bonchev–Trinajstić information content (AvgIpc) is 2.78.